The third-order valence-corrected chi connectivity index (χ3v) is 4.46. The van der Waals surface area contributed by atoms with Crippen molar-refractivity contribution in [2.75, 3.05) is 0 Å². The van der Waals surface area contributed by atoms with E-state index in [1.807, 2.05) is 59.1 Å². The van der Waals surface area contributed by atoms with Gasteiger partial charge in [0.1, 0.15) is 5.65 Å². The van der Waals surface area contributed by atoms with Gasteiger partial charge in [-0.2, -0.15) is 0 Å². The van der Waals surface area contributed by atoms with Crippen LogP contribution in [0.4, 0.5) is 5.82 Å². The highest BCUT2D eigenvalue weighted by Gasteiger charge is 2.15. The fourth-order valence-corrected chi connectivity index (χ4v) is 2.91. The summed E-state index contributed by atoms with van der Waals surface area (Å²) in [5.74, 6) is 1.35. The van der Waals surface area contributed by atoms with Gasteiger partial charge in [0.15, 0.2) is 17.3 Å². The Morgan fingerprint density at radius 1 is 1.12 bits per heavy atom. The first-order valence-corrected chi connectivity index (χ1v) is 8.67. The maximum atomic E-state index is 6.13. The summed E-state index contributed by atoms with van der Waals surface area (Å²) in [5.41, 5.74) is 2.46. The molecule has 0 radical (unpaired) electrons. The fraction of sp³-hybridized carbons (Fsp3) is 0. The molecule has 24 heavy (non-hydrogen) atoms. The molecule has 3 heterocycles. The number of halogens is 2. The van der Waals surface area contributed by atoms with E-state index in [0.717, 1.165) is 11.2 Å². The van der Waals surface area contributed by atoms with Gasteiger partial charge in [0, 0.05) is 16.0 Å². The van der Waals surface area contributed by atoms with Crippen molar-refractivity contribution in [1.82, 2.24) is 9.38 Å². The molecule has 0 atom stereocenters. The summed E-state index contributed by atoms with van der Waals surface area (Å²) in [4.78, 5) is 9.26. The molecule has 0 fully saturated rings. The highest BCUT2D eigenvalue weighted by molar-refractivity contribution is 14.1. The van der Waals surface area contributed by atoms with Gasteiger partial charge in [-0.3, -0.25) is 4.40 Å². The SMILES string of the molecule is Clc1ccc2nc(-c3ccco3)c(N=Cc3ccc(I)cc3)n2c1. The van der Waals surface area contributed by atoms with Crippen molar-refractivity contribution in [3.05, 3.63) is 75.1 Å². The van der Waals surface area contributed by atoms with E-state index in [2.05, 4.69) is 32.6 Å². The Morgan fingerprint density at radius 3 is 2.71 bits per heavy atom. The van der Waals surface area contributed by atoms with E-state index < -0.39 is 0 Å². The van der Waals surface area contributed by atoms with Crippen LogP contribution in [-0.4, -0.2) is 15.6 Å². The smallest absolute Gasteiger partial charge is 0.168 e. The molecular weight excluding hydrogens is 437 g/mol. The molecule has 0 aliphatic rings. The highest BCUT2D eigenvalue weighted by atomic mass is 127. The number of benzene rings is 1. The number of rotatable bonds is 3. The molecule has 0 amide bonds. The van der Waals surface area contributed by atoms with Crippen LogP contribution in [0.1, 0.15) is 5.56 Å². The number of hydrogen-bond acceptors (Lipinski definition) is 3. The molecule has 118 valence electrons. The molecule has 3 aromatic heterocycles. The van der Waals surface area contributed by atoms with Gasteiger partial charge in [-0.15, -0.1) is 0 Å². The molecular formula is C18H11ClIN3O. The predicted molar refractivity (Wildman–Crippen MR) is 104 cm³/mol. The Hall–Kier alpha value is -2.12. The van der Waals surface area contributed by atoms with Crippen molar-refractivity contribution >= 4 is 51.9 Å². The predicted octanol–water partition coefficient (Wildman–Crippen LogP) is 5.60. The van der Waals surface area contributed by atoms with E-state index in [1.165, 1.54) is 3.57 Å². The van der Waals surface area contributed by atoms with Crippen LogP contribution < -0.4 is 0 Å². The Balaban J connectivity index is 1.87. The number of furan rings is 1. The summed E-state index contributed by atoms with van der Waals surface area (Å²) in [6, 6.07) is 15.5. The average Bonchev–Trinajstić information content (AvgIpc) is 3.21. The van der Waals surface area contributed by atoms with Gasteiger partial charge in [0.05, 0.1) is 11.3 Å². The number of aromatic nitrogens is 2. The van der Waals surface area contributed by atoms with Crippen molar-refractivity contribution < 1.29 is 4.42 Å². The third-order valence-electron chi connectivity index (χ3n) is 3.52. The topological polar surface area (TPSA) is 42.8 Å². The lowest BCUT2D eigenvalue weighted by Crippen LogP contribution is -1.85. The lowest BCUT2D eigenvalue weighted by molar-refractivity contribution is 0.580. The molecule has 0 unspecified atom stereocenters. The van der Waals surface area contributed by atoms with E-state index in [0.29, 0.717) is 22.3 Å². The van der Waals surface area contributed by atoms with Gasteiger partial charge in [-0.1, -0.05) is 23.7 Å². The lowest BCUT2D eigenvalue weighted by Gasteiger charge is -1.99. The Labute approximate surface area is 157 Å². The minimum Gasteiger partial charge on any atom is -0.463 e. The number of nitrogens with zero attached hydrogens (tertiary/aromatic N) is 3. The van der Waals surface area contributed by atoms with Crippen molar-refractivity contribution in [2.24, 2.45) is 4.99 Å². The molecule has 0 saturated heterocycles. The maximum Gasteiger partial charge on any atom is 0.168 e. The van der Waals surface area contributed by atoms with Gasteiger partial charge in [0.2, 0.25) is 0 Å². The quantitative estimate of drug-likeness (QED) is 0.303. The standard InChI is InChI=1S/C18H11ClIN3O/c19-13-5-8-16-22-17(15-2-1-9-24-15)18(23(16)11-13)21-10-12-3-6-14(20)7-4-12/h1-11H. The van der Waals surface area contributed by atoms with Crippen LogP contribution in [0, 0.1) is 3.57 Å². The summed E-state index contributed by atoms with van der Waals surface area (Å²) in [5, 5.41) is 0.622. The normalized spacial score (nSPS) is 11.6. The average molecular weight is 448 g/mol. The van der Waals surface area contributed by atoms with E-state index in [1.54, 1.807) is 12.5 Å². The summed E-state index contributed by atoms with van der Waals surface area (Å²) in [7, 11) is 0. The summed E-state index contributed by atoms with van der Waals surface area (Å²) in [6.07, 6.45) is 5.24. The van der Waals surface area contributed by atoms with Crippen molar-refractivity contribution in [2.45, 2.75) is 0 Å². The molecule has 0 spiro atoms. The molecule has 0 bridgehead atoms. The second kappa shape index (κ2) is 6.41. The van der Waals surface area contributed by atoms with E-state index >= 15 is 0 Å². The van der Waals surface area contributed by atoms with Gasteiger partial charge in [0.25, 0.3) is 0 Å². The Bertz CT molecular complexity index is 1020. The first-order chi connectivity index (χ1) is 11.7. The first-order valence-electron chi connectivity index (χ1n) is 7.22. The number of pyridine rings is 1. The van der Waals surface area contributed by atoms with Crippen LogP contribution in [0.15, 0.2) is 70.4 Å². The summed E-state index contributed by atoms with van der Waals surface area (Å²) in [6.45, 7) is 0. The number of fused-ring (bicyclic) bond motifs is 1. The zero-order valence-corrected chi connectivity index (χ0v) is 15.3. The van der Waals surface area contributed by atoms with Crippen LogP contribution in [0.25, 0.3) is 17.1 Å². The van der Waals surface area contributed by atoms with Crippen LogP contribution in [0.2, 0.25) is 5.02 Å². The third kappa shape index (κ3) is 2.97. The summed E-state index contributed by atoms with van der Waals surface area (Å²) < 4.78 is 8.55. The van der Waals surface area contributed by atoms with Crippen LogP contribution in [0.3, 0.4) is 0 Å². The van der Waals surface area contributed by atoms with E-state index in [4.69, 9.17) is 16.0 Å². The molecule has 4 nitrogen and oxygen atoms in total. The zero-order chi connectivity index (χ0) is 16.5. The van der Waals surface area contributed by atoms with E-state index in [-0.39, 0.29) is 0 Å². The number of imidazole rings is 1. The molecule has 4 aromatic rings. The molecule has 0 aliphatic carbocycles. The van der Waals surface area contributed by atoms with Gasteiger partial charge >= 0.3 is 0 Å². The van der Waals surface area contributed by atoms with E-state index in [9.17, 15) is 0 Å². The molecule has 0 aliphatic heterocycles. The monoisotopic (exact) mass is 447 g/mol. The molecule has 6 heteroatoms. The minimum atomic E-state index is 0.622. The minimum absolute atomic E-state index is 0.622. The number of aliphatic imine (C=N–C) groups is 1. The lowest BCUT2D eigenvalue weighted by atomic mass is 10.2. The van der Waals surface area contributed by atoms with Crippen molar-refractivity contribution in [3.8, 4) is 11.5 Å². The maximum absolute atomic E-state index is 6.13. The molecule has 0 N–H and O–H groups in total. The van der Waals surface area contributed by atoms with Crippen molar-refractivity contribution in [1.29, 1.82) is 0 Å². The van der Waals surface area contributed by atoms with Crippen LogP contribution >= 0.6 is 34.2 Å². The molecule has 4 rings (SSSR count). The Morgan fingerprint density at radius 2 is 1.96 bits per heavy atom. The van der Waals surface area contributed by atoms with Gasteiger partial charge in [-0.05, 0) is 64.6 Å². The van der Waals surface area contributed by atoms with Gasteiger partial charge < -0.3 is 4.42 Å². The second-order valence-electron chi connectivity index (χ2n) is 5.15. The fourth-order valence-electron chi connectivity index (χ4n) is 2.39. The summed E-state index contributed by atoms with van der Waals surface area (Å²) >= 11 is 8.41. The van der Waals surface area contributed by atoms with Crippen LogP contribution in [-0.2, 0) is 0 Å². The first kappa shape index (κ1) is 15.4. The molecule has 0 saturated carbocycles. The van der Waals surface area contributed by atoms with Crippen molar-refractivity contribution in [3.63, 3.8) is 0 Å². The van der Waals surface area contributed by atoms with Crippen LogP contribution in [0.5, 0.6) is 0 Å². The van der Waals surface area contributed by atoms with Gasteiger partial charge in [-0.25, -0.2) is 9.98 Å². The largest absolute Gasteiger partial charge is 0.463 e. The number of hydrogen-bond donors (Lipinski definition) is 0. The molecule has 1 aromatic carbocycles. The highest BCUT2D eigenvalue weighted by Crippen LogP contribution is 2.32. The Kier molecular flexibility index (Phi) is 4.12. The zero-order valence-electron chi connectivity index (χ0n) is 12.4. The second-order valence-corrected chi connectivity index (χ2v) is 6.83.